The third-order valence-electron chi connectivity index (χ3n) is 2.71. The molecule has 2 rings (SSSR count). The lowest BCUT2D eigenvalue weighted by Crippen LogP contribution is -2.01. The zero-order valence-electron chi connectivity index (χ0n) is 10.3. The summed E-state index contributed by atoms with van der Waals surface area (Å²) in [5.74, 6) is -1.42. The molecule has 0 aromatic heterocycles. The Morgan fingerprint density at radius 3 is 2.63 bits per heavy atom. The Bertz CT molecular complexity index is 588. The molecule has 0 bridgehead atoms. The number of hydrogen-bond acceptors (Lipinski definition) is 3. The van der Waals surface area contributed by atoms with Crippen molar-refractivity contribution in [3.63, 3.8) is 0 Å². The van der Waals surface area contributed by atoms with Gasteiger partial charge < -0.3 is 15.2 Å². The van der Waals surface area contributed by atoms with E-state index in [0.717, 1.165) is 12.1 Å². The topological polar surface area (TPSA) is 41.5 Å². The molecule has 2 aromatic carbocycles. The van der Waals surface area contributed by atoms with E-state index >= 15 is 0 Å². The Balaban J connectivity index is 2.12. The van der Waals surface area contributed by atoms with Crippen molar-refractivity contribution in [2.45, 2.75) is 6.54 Å². The molecule has 0 aliphatic rings. The first kappa shape index (κ1) is 13.1. The number of aromatic hydroxyl groups is 1. The van der Waals surface area contributed by atoms with Gasteiger partial charge in [0.25, 0.3) is 0 Å². The Hall–Kier alpha value is -2.30. The van der Waals surface area contributed by atoms with Crippen LogP contribution in [0, 0.1) is 11.6 Å². The van der Waals surface area contributed by atoms with Crippen LogP contribution in [0.1, 0.15) is 5.56 Å². The number of benzene rings is 2. The van der Waals surface area contributed by atoms with E-state index in [2.05, 4.69) is 5.32 Å². The SMILES string of the molecule is COc1cccc(CNc2ccc(F)c(F)c2)c1O. The van der Waals surface area contributed by atoms with Crippen LogP contribution in [0.15, 0.2) is 36.4 Å². The Morgan fingerprint density at radius 2 is 1.95 bits per heavy atom. The van der Waals surface area contributed by atoms with Crippen molar-refractivity contribution >= 4 is 5.69 Å². The van der Waals surface area contributed by atoms with Crippen LogP contribution >= 0.6 is 0 Å². The molecule has 2 aromatic rings. The third kappa shape index (κ3) is 2.93. The number of phenols is 1. The molecule has 0 atom stereocenters. The smallest absolute Gasteiger partial charge is 0.162 e. The van der Waals surface area contributed by atoms with Gasteiger partial charge in [-0.05, 0) is 18.2 Å². The molecule has 0 spiro atoms. The van der Waals surface area contributed by atoms with E-state index in [4.69, 9.17) is 4.74 Å². The van der Waals surface area contributed by atoms with Crippen LogP contribution in [0.2, 0.25) is 0 Å². The van der Waals surface area contributed by atoms with Crippen molar-refractivity contribution in [3.05, 3.63) is 53.6 Å². The normalized spacial score (nSPS) is 10.3. The standard InChI is InChI=1S/C14H13F2NO2/c1-19-13-4-2-3-9(14(13)18)8-17-10-5-6-11(15)12(16)7-10/h2-7,17-18H,8H2,1H3. The number of halogens is 2. The maximum Gasteiger partial charge on any atom is 0.162 e. The second-order valence-corrected chi connectivity index (χ2v) is 3.95. The number of methoxy groups -OCH3 is 1. The largest absolute Gasteiger partial charge is 0.504 e. The fraction of sp³-hybridized carbons (Fsp3) is 0.143. The lowest BCUT2D eigenvalue weighted by atomic mass is 10.2. The van der Waals surface area contributed by atoms with E-state index in [1.807, 2.05) is 0 Å². The zero-order valence-corrected chi connectivity index (χ0v) is 10.3. The summed E-state index contributed by atoms with van der Waals surface area (Å²) in [6.07, 6.45) is 0. The maximum absolute atomic E-state index is 13.0. The molecule has 0 saturated heterocycles. The molecule has 0 fully saturated rings. The predicted molar refractivity (Wildman–Crippen MR) is 68.3 cm³/mol. The van der Waals surface area contributed by atoms with Gasteiger partial charge in [-0.1, -0.05) is 12.1 Å². The van der Waals surface area contributed by atoms with Gasteiger partial charge in [0.05, 0.1) is 7.11 Å². The van der Waals surface area contributed by atoms with E-state index in [1.54, 1.807) is 18.2 Å². The number of para-hydroxylation sites is 1. The molecule has 2 N–H and O–H groups in total. The van der Waals surface area contributed by atoms with Crippen LogP contribution in [-0.2, 0) is 6.54 Å². The second kappa shape index (κ2) is 5.56. The van der Waals surface area contributed by atoms with E-state index in [1.165, 1.54) is 13.2 Å². The summed E-state index contributed by atoms with van der Waals surface area (Å²) in [5, 5.41) is 12.8. The van der Waals surface area contributed by atoms with Crippen molar-refractivity contribution in [1.29, 1.82) is 0 Å². The molecular formula is C14H13F2NO2. The summed E-state index contributed by atoms with van der Waals surface area (Å²) in [6.45, 7) is 0.272. The summed E-state index contributed by atoms with van der Waals surface area (Å²) in [5.41, 5.74) is 1.03. The molecule has 0 unspecified atom stereocenters. The van der Waals surface area contributed by atoms with E-state index in [9.17, 15) is 13.9 Å². The average Bonchev–Trinajstić information content (AvgIpc) is 2.41. The Labute approximate surface area is 109 Å². The molecule has 5 heteroatoms. The molecule has 0 amide bonds. The highest BCUT2D eigenvalue weighted by Gasteiger charge is 2.07. The number of nitrogens with one attached hydrogen (secondary N) is 1. The summed E-state index contributed by atoms with van der Waals surface area (Å²) in [7, 11) is 1.46. The molecule has 0 radical (unpaired) electrons. The fourth-order valence-corrected chi connectivity index (χ4v) is 1.68. The van der Waals surface area contributed by atoms with Gasteiger partial charge in [-0.3, -0.25) is 0 Å². The maximum atomic E-state index is 13.0. The minimum absolute atomic E-state index is 0.0279. The predicted octanol–water partition coefficient (Wildman–Crippen LogP) is 3.29. The van der Waals surface area contributed by atoms with Gasteiger partial charge in [0.2, 0.25) is 0 Å². The molecule has 0 heterocycles. The first-order valence-corrected chi connectivity index (χ1v) is 5.65. The number of phenolic OH excluding ortho intramolecular Hbond substituents is 1. The van der Waals surface area contributed by atoms with Crippen molar-refractivity contribution < 1.29 is 18.6 Å². The van der Waals surface area contributed by atoms with Gasteiger partial charge in [0, 0.05) is 23.9 Å². The van der Waals surface area contributed by atoms with Crippen molar-refractivity contribution in [3.8, 4) is 11.5 Å². The number of ether oxygens (including phenoxy) is 1. The summed E-state index contributed by atoms with van der Waals surface area (Å²) >= 11 is 0. The first-order chi connectivity index (χ1) is 9.11. The fourth-order valence-electron chi connectivity index (χ4n) is 1.68. The van der Waals surface area contributed by atoms with Gasteiger partial charge >= 0.3 is 0 Å². The van der Waals surface area contributed by atoms with Gasteiger partial charge in [0.15, 0.2) is 23.1 Å². The monoisotopic (exact) mass is 265 g/mol. The number of hydrogen-bond donors (Lipinski definition) is 2. The first-order valence-electron chi connectivity index (χ1n) is 5.65. The minimum atomic E-state index is -0.917. The number of anilines is 1. The third-order valence-corrected chi connectivity index (χ3v) is 2.71. The Morgan fingerprint density at radius 1 is 1.16 bits per heavy atom. The van der Waals surface area contributed by atoms with Gasteiger partial charge in [-0.25, -0.2) is 8.78 Å². The molecule has 100 valence electrons. The summed E-state index contributed by atoms with van der Waals surface area (Å²) < 4.78 is 30.8. The molecule has 19 heavy (non-hydrogen) atoms. The quantitative estimate of drug-likeness (QED) is 0.891. The van der Waals surface area contributed by atoms with Crippen molar-refractivity contribution in [1.82, 2.24) is 0 Å². The van der Waals surface area contributed by atoms with Crippen molar-refractivity contribution in [2.75, 3.05) is 12.4 Å². The lowest BCUT2D eigenvalue weighted by Gasteiger charge is -2.10. The van der Waals surface area contributed by atoms with Crippen LogP contribution in [0.3, 0.4) is 0 Å². The van der Waals surface area contributed by atoms with E-state index in [0.29, 0.717) is 17.0 Å². The highest BCUT2D eigenvalue weighted by atomic mass is 19.2. The minimum Gasteiger partial charge on any atom is -0.504 e. The lowest BCUT2D eigenvalue weighted by molar-refractivity contribution is 0.371. The molecule has 0 saturated carbocycles. The van der Waals surface area contributed by atoms with Crippen molar-refractivity contribution in [2.24, 2.45) is 0 Å². The highest BCUT2D eigenvalue weighted by Crippen LogP contribution is 2.29. The summed E-state index contributed by atoms with van der Waals surface area (Å²) in [4.78, 5) is 0. The molecule has 0 aliphatic carbocycles. The van der Waals surface area contributed by atoms with Crippen LogP contribution < -0.4 is 10.1 Å². The zero-order chi connectivity index (χ0) is 13.8. The summed E-state index contributed by atoms with van der Waals surface area (Å²) in [6, 6.07) is 8.62. The molecule has 0 aliphatic heterocycles. The van der Waals surface area contributed by atoms with Crippen LogP contribution in [0.25, 0.3) is 0 Å². The van der Waals surface area contributed by atoms with Crippen LogP contribution in [-0.4, -0.2) is 12.2 Å². The van der Waals surface area contributed by atoms with Gasteiger partial charge in [0.1, 0.15) is 0 Å². The second-order valence-electron chi connectivity index (χ2n) is 3.95. The van der Waals surface area contributed by atoms with Gasteiger partial charge in [-0.2, -0.15) is 0 Å². The average molecular weight is 265 g/mol. The van der Waals surface area contributed by atoms with E-state index < -0.39 is 11.6 Å². The highest BCUT2D eigenvalue weighted by molar-refractivity contribution is 5.49. The Kier molecular flexibility index (Phi) is 3.85. The van der Waals surface area contributed by atoms with Crippen LogP contribution in [0.4, 0.5) is 14.5 Å². The molecular weight excluding hydrogens is 252 g/mol. The number of rotatable bonds is 4. The molecule has 3 nitrogen and oxygen atoms in total. The van der Waals surface area contributed by atoms with E-state index in [-0.39, 0.29) is 12.3 Å². The van der Waals surface area contributed by atoms with Gasteiger partial charge in [-0.15, -0.1) is 0 Å². The van der Waals surface area contributed by atoms with Crippen LogP contribution in [0.5, 0.6) is 11.5 Å².